The first kappa shape index (κ1) is 14.8. The van der Waals surface area contributed by atoms with Crippen molar-refractivity contribution in [2.75, 3.05) is 12.4 Å². The summed E-state index contributed by atoms with van der Waals surface area (Å²) in [7, 11) is 1.35. The highest BCUT2D eigenvalue weighted by Crippen LogP contribution is 2.26. The summed E-state index contributed by atoms with van der Waals surface area (Å²) in [4.78, 5) is 12.2. The smallest absolute Gasteiger partial charge is 0.262 e. The summed E-state index contributed by atoms with van der Waals surface area (Å²) in [5, 5.41) is 11.4. The van der Waals surface area contributed by atoms with Gasteiger partial charge in [0.25, 0.3) is 5.91 Å². The van der Waals surface area contributed by atoms with Gasteiger partial charge in [-0.2, -0.15) is 5.26 Å². The highest BCUT2D eigenvalue weighted by Gasteiger charge is 2.18. The van der Waals surface area contributed by atoms with Crippen LogP contribution >= 0.6 is 11.6 Å². The number of nitrogens with one attached hydrogen (secondary N) is 1. The van der Waals surface area contributed by atoms with E-state index >= 15 is 0 Å². The van der Waals surface area contributed by atoms with Crippen LogP contribution < -0.4 is 10.1 Å². The first-order chi connectivity index (χ1) is 10.1. The Morgan fingerprint density at radius 2 is 2.14 bits per heavy atom. The topological polar surface area (TPSA) is 62.1 Å². The Bertz CT molecular complexity index is 741. The molecule has 0 atom stereocenters. The zero-order valence-electron chi connectivity index (χ0n) is 11.0. The molecule has 0 radical (unpaired) electrons. The molecule has 0 saturated carbocycles. The molecule has 0 spiro atoms. The summed E-state index contributed by atoms with van der Waals surface area (Å²) < 4.78 is 18.8. The van der Waals surface area contributed by atoms with E-state index in [0.717, 1.165) is 6.07 Å². The maximum atomic E-state index is 13.8. The molecule has 0 fully saturated rings. The van der Waals surface area contributed by atoms with Crippen LogP contribution in [0.15, 0.2) is 36.4 Å². The zero-order chi connectivity index (χ0) is 15.4. The minimum atomic E-state index is -0.698. The van der Waals surface area contributed by atoms with Crippen LogP contribution in [0.3, 0.4) is 0 Å². The Balaban J connectivity index is 2.33. The van der Waals surface area contributed by atoms with E-state index in [1.54, 1.807) is 0 Å². The molecule has 0 aromatic heterocycles. The molecule has 21 heavy (non-hydrogen) atoms. The Hall–Kier alpha value is -2.58. The fourth-order valence-corrected chi connectivity index (χ4v) is 1.99. The number of hydrogen-bond donors (Lipinski definition) is 1. The molecule has 0 aliphatic heterocycles. The van der Waals surface area contributed by atoms with E-state index in [9.17, 15) is 9.18 Å². The largest absolute Gasteiger partial charge is 0.496 e. The lowest BCUT2D eigenvalue weighted by Gasteiger charge is -2.11. The number of hydrogen-bond acceptors (Lipinski definition) is 3. The Morgan fingerprint density at radius 1 is 1.38 bits per heavy atom. The van der Waals surface area contributed by atoms with E-state index in [0.29, 0.717) is 5.56 Å². The number of nitrogens with zero attached hydrogens (tertiary/aromatic N) is 1. The van der Waals surface area contributed by atoms with Crippen LogP contribution in [-0.4, -0.2) is 13.0 Å². The molecular weight excluding hydrogens is 295 g/mol. The van der Waals surface area contributed by atoms with Crippen LogP contribution in [0.1, 0.15) is 15.9 Å². The van der Waals surface area contributed by atoms with Crippen molar-refractivity contribution in [1.82, 2.24) is 0 Å². The number of benzene rings is 2. The van der Waals surface area contributed by atoms with Gasteiger partial charge in [-0.05, 0) is 30.3 Å². The molecular formula is C15H10ClFN2O2. The zero-order valence-corrected chi connectivity index (χ0v) is 11.7. The quantitative estimate of drug-likeness (QED) is 0.942. The molecule has 6 heteroatoms. The van der Waals surface area contributed by atoms with E-state index in [1.807, 2.05) is 6.07 Å². The Morgan fingerprint density at radius 3 is 2.76 bits per heavy atom. The summed E-state index contributed by atoms with van der Waals surface area (Å²) in [6.07, 6.45) is 0. The molecule has 2 aromatic rings. The van der Waals surface area contributed by atoms with Crippen molar-refractivity contribution >= 4 is 23.2 Å². The molecule has 1 N–H and O–H groups in total. The standard InChI is InChI=1S/C15H10ClFN2O2/c1-21-13-4-2-3-11(17)14(13)15(20)19-12-6-5-9(8-18)7-10(12)16/h2-7H,1H3,(H,19,20). The number of carbonyl (C=O) groups is 1. The summed E-state index contributed by atoms with van der Waals surface area (Å²) in [6, 6.07) is 10.4. The van der Waals surface area contributed by atoms with Crippen LogP contribution in [0.5, 0.6) is 5.75 Å². The van der Waals surface area contributed by atoms with Gasteiger partial charge in [0.05, 0.1) is 29.5 Å². The van der Waals surface area contributed by atoms with Crippen LogP contribution in [0.2, 0.25) is 5.02 Å². The molecule has 0 saturated heterocycles. The lowest BCUT2D eigenvalue weighted by molar-refractivity contribution is 0.102. The van der Waals surface area contributed by atoms with Gasteiger partial charge in [-0.1, -0.05) is 17.7 Å². The molecule has 0 heterocycles. The van der Waals surface area contributed by atoms with Crippen LogP contribution in [0.4, 0.5) is 10.1 Å². The van der Waals surface area contributed by atoms with Crippen molar-refractivity contribution in [3.8, 4) is 11.8 Å². The van der Waals surface area contributed by atoms with E-state index in [2.05, 4.69) is 5.32 Å². The molecule has 2 aromatic carbocycles. The lowest BCUT2D eigenvalue weighted by Crippen LogP contribution is -2.15. The Labute approximate surface area is 125 Å². The second kappa shape index (κ2) is 6.25. The van der Waals surface area contributed by atoms with Gasteiger partial charge >= 0.3 is 0 Å². The van der Waals surface area contributed by atoms with Crippen molar-refractivity contribution < 1.29 is 13.9 Å². The van der Waals surface area contributed by atoms with Gasteiger partial charge in [0.15, 0.2) is 0 Å². The van der Waals surface area contributed by atoms with E-state index in [-0.39, 0.29) is 22.0 Å². The van der Waals surface area contributed by atoms with Crippen LogP contribution in [0, 0.1) is 17.1 Å². The maximum absolute atomic E-state index is 13.8. The van der Waals surface area contributed by atoms with Gasteiger partial charge in [-0.3, -0.25) is 4.79 Å². The summed E-state index contributed by atoms with van der Waals surface area (Å²) in [6.45, 7) is 0. The van der Waals surface area contributed by atoms with Crippen LogP contribution in [-0.2, 0) is 0 Å². The van der Waals surface area contributed by atoms with E-state index < -0.39 is 11.7 Å². The number of methoxy groups -OCH3 is 1. The van der Waals surface area contributed by atoms with Crippen LogP contribution in [0.25, 0.3) is 0 Å². The third-order valence-electron chi connectivity index (χ3n) is 2.77. The average Bonchev–Trinajstić information content (AvgIpc) is 2.48. The van der Waals surface area contributed by atoms with Gasteiger partial charge in [0.1, 0.15) is 17.1 Å². The first-order valence-electron chi connectivity index (χ1n) is 5.90. The number of carbonyl (C=O) groups excluding carboxylic acids is 1. The Kier molecular flexibility index (Phi) is 4.41. The van der Waals surface area contributed by atoms with Crippen molar-refractivity contribution in [1.29, 1.82) is 5.26 Å². The summed E-state index contributed by atoms with van der Waals surface area (Å²) >= 11 is 5.96. The van der Waals surface area contributed by atoms with Gasteiger partial charge in [0, 0.05) is 0 Å². The minimum absolute atomic E-state index is 0.122. The van der Waals surface area contributed by atoms with Gasteiger partial charge in [0.2, 0.25) is 0 Å². The van der Waals surface area contributed by atoms with Gasteiger partial charge < -0.3 is 10.1 Å². The second-order valence-corrected chi connectivity index (χ2v) is 4.48. The fourth-order valence-electron chi connectivity index (χ4n) is 1.77. The molecule has 2 rings (SSSR count). The van der Waals surface area contributed by atoms with Crippen molar-refractivity contribution in [3.63, 3.8) is 0 Å². The predicted molar refractivity (Wildman–Crippen MR) is 77.1 cm³/mol. The number of ether oxygens (including phenoxy) is 1. The molecule has 106 valence electrons. The van der Waals surface area contributed by atoms with Crippen molar-refractivity contribution in [2.24, 2.45) is 0 Å². The highest BCUT2D eigenvalue weighted by atomic mass is 35.5. The number of amides is 1. The maximum Gasteiger partial charge on any atom is 0.262 e. The first-order valence-corrected chi connectivity index (χ1v) is 6.28. The SMILES string of the molecule is COc1cccc(F)c1C(=O)Nc1ccc(C#N)cc1Cl. The molecule has 0 unspecified atom stereocenters. The minimum Gasteiger partial charge on any atom is -0.496 e. The summed E-state index contributed by atoms with van der Waals surface area (Å²) in [5.41, 5.74) is 0.438. The number of rotatable bonds is 3. The second-order valence-electron chi connectivity index (χ2n) is 4.08. The monoisotopic (exact) mass is 304 g/mol. The molecule has 1 amide bonds. The molecule has 0 bridgehead atoms. The molecule has 0 aliphatic rings. The molecule has 0 aliphatic carbocycles. The van der Waals surface area contributed by atoms with Crippen molar-refractivity contribution in [2.45, 2.75) is 0 Å². The van der Waals surface area contributed by atoms with Gasteiger partial charge in [-0.15, -0.1) is 0 Å². The highest BCUT2D eigenvalue weighted by molar-refractivity contribution is 6.34. The number of nitriles is 1. The normalized spacial score (nSPS) is 9.81. The average molecular weight is 305 g/mol. The number of anilines is 1. The summed E-state index contributed by atoms with van der Waals surface area (Å²) in [5.74, 6) is -1.26. The predicted octanol–water partition coefficient (Wildman–Crippen LogP) is 3.61. The van der Waals surface area contributed by atoms with E-state index in [4.69, 9.17) is 21.6 Å². The van der Waals surface area contributed by atoms with Crippen molar-refractivity contribution in [3.05, 3.63) is 58.4 Å². The molecule has 4 nitrogen and oxygen atoms in total. The number of halogens is 2. The third kappa shape index (κ3) is 3.12. The third-order valence-corrected chi connectivity index (χ3v) is 3.08. The van der Waals surface area contributed by atoms with Gasteiger partial charge in [-0.25, -0.2) is 4.39 Å². The fraction of sp³-hybridized carbons (Fsp3) is 0.0667. The lowest BCUT2D eigenvalue weighted by atomic mass is 10.1. The van der Waals surface area contributed by atoms with E-state index in [1.165, 1.54) is 37.4 Å².